The Balaban J connectivity index is 2.17. The lowest BCUT2D eigenvalue weighted by molar-refractivity contribution is 0.823. The Hall–Kier alpha value is -1.26. The van der Waals surface area contributed by atoms with E-state index < -0.39 is 0 Å². The third-order valence-corrected chi connectivity index (χ3v) is 4.49. The van der Waals surface area contributed by atoms with Crippen molar-refractivity contribution in [3.8, 4) is 0 Å². The molecule has 3 nitrogen and oxygen atoms in total. The van der Waals surface area contributed by atoms with Crippen molar-refractivity contribution in [1.82, 2.24) is 9.97 Å². The lowest BCUT2D eigenvalue weighted by atomic mass is 10.0. The molecule has 0 aliphatic rings. The van der Waals surface area contributed by atoms with Crippen molar-refractivity contribution < 1.29 is 0 Å². The molecule has 0 fully saturated rings. The summed E-state index contributed by atoms with van der Waals surface area (Å²) in [7, 11) is 0. The summed E-state index contributed by atoms with van der Waals surface area (Å²) in [5, 5.41) is 0.751. The molecule has 0 atom stereocenters. The first-order chi connectivity index (χ1) is 9.49. The Morgan fingerprint density at radius 1 is 1.25 bits per heavy atom. The van der Waals surface area contributed by atoms with Crippen molar-refractivity contribution in [1.29, 1.82) is 0 Å². The molecule has 0 amide bonds. The van der Waals surface area contributed by atoms with Crippen LogP contribution in [0, 0.1) is 6.92 Å². The predicted octanol–water partition coefficient (Wildman–Crippen LogP) is 4.44. The number of anilines is 1. The van der Waals surface area contributed by atoms with Crippen molar-refractivity contribution in [3.05, 3.63) is 46.4 Å². The quantitative estimate of drug-likeness (QED) is 0.849. The molecule has 1 aromatic heterocycles. The van der Waals surface area contributed by atoms with E-state index in [0.717, 1.165) is 27.0 Å². The molecule has 0 spiro atoms. The number of nitrogens with zero attached hydrogens (tertiary/aromatic N) is 2. The van der Waals surface area contributed by atoms with Gasteiger partial charge in [-0.1, -0.05) is 37.6 Å². The van der Waals surface area contributed by atoms with Gasteiger partial charge in [-0.2, -0.15) is 0 Å². The minimum Gasteiger partial charge on any atom is -0.383 e. The smallest absolute Gasteiger partial charge is 0.141 e. The minimum absolute atomic E-state index is 0.334. The van der Waals surface area contributed by atoms with Gasteiger partial charge in [-0.15, -0.1) is 11.8 Å². The standard InChI is InChI=1S/C15H18ClN3S/c1-9(2)14-10(3)18-13(19-15(14)17)8-20-12-7-5-4-6-11(12)16/h4-7,9H,8H2,1-3H3,(H2,17,18,19). The highest BCUT2D eigenvalue weighted by Crippen LogP contribution is 2.30. The maximum atomic E-state index is 6.13. The minimum atomic E-state index is 0.334. The zero-order chi connectivity index (χ0) is 14.7. The van der Waals surface area contributed by atoms with Crippen LogP contribution in [0.2, 0.25) is 5.02 Å². The average molecular weight is 308 g/mol. The fraction of sp³-hybridized carbons (Fsp3) is 0.333. The second kappa shape index (κ2) is 6.46. The Labute approximate surface area is 129 Å². The number of aromatic nitrogens is 2. The van der Waals surface area contributed by atoms with E-state index >= 15 is 0 Å². The molecule has 0 radical (unpaired) electrons. The van der Waals surface area contributed by atoms with Gasteiger partial charge in [0, 0.05) is 16.2 Å². The lowest BCUT2D eigenvalue weighted by Gasteiger charge is -2.13. The highest BCUT2D eigenvalue weighted by atomic mass is 35.5. The van der Waals surface area contributed by atoms with Crippen LogP contribution in [0.15, 0.2) is 29.2 Å². The van der Waals surface area contributed by atoms with Gasteiger partial charge < -0.3 is 5.73 Å². The Morgan fingerprint density at radius 3 is 2.55 bits per heavy atom. The van der Waals surface area contributed by atoms with Gasteiger partial charge in [-0.3, -0.25) is 0 Å². The second-order valence-corrected chi connectivity index (χ2v) is 6.32. The SMILES string of the molecule is Cc1nc(CSc2ccccc2Cl)nc(N)c1C(C)C. The number of nitrogen functional groups attached to an aromatic ring is 1. The highest BCUT2D eigenvalue weighted by molar-refractivity contribution is 7.98. The van der Waals surface area contributed by atoms with Crippen molar-refractivity contribution in [3.63, 3.8) is 0 Å². The van der Waals surface area contributed by atoms with E-state index in [9.17, 15) is 0 Å². The van der Waals surface area contributed by atoms with Crippen molar-refractivity contribution in [2.45, 2.75) is 37.3 Å². The van der Waals surface area contributed by atoms with Crippen LogP contribution in [0.1, 0.15) is 36.8 Å². The summed E-state index contributed by atoms with van der Waals surface area (Å²) in [6.45, 7) is 6.18. The van der Waals surface area contributed by atoms with Gasteiger partial charge >= 0.3 is 0 Å². The van der Waals surface area contributed by atoms with Crippen molar-refractivity contribution in [2.24, 2.45) is 0 Å². The first kappa shape index (κ1) is 15.1. The van der Waals surface area contributed by atoms with Gasteiger partial charge in [0.15, 0.2) is 0 Å². The van der Waals surface area contributed by atoms with Crippen LogP contribution in [0.25, 0.3) is 0 Å². The van der Waals surface area contributed by atoms with Crippen LogP contribution in [-0.2, 0) is 5.75 Å². The first-order valence-electron chi connectivity index (χ1n) is 6.49. The molecule has 0 saturated heterocycles. The van der Waals surface area contributed by atoms with Crippen molar-refractivity contribution in [2.75, 3.05) is 5.73 Å². The number of hydrogen-bond donors (Lipinski definition) is 1. The van der Waals surface area contributed by atoms with Gasteiger partial charge in [0.25, 0.3) is 0 Å². The van der Waals surface area contributed by atoms with Gasteiger partial charge in [0.2, 0.25) is 0 Å². The van der Waals surface area contributed by atoms with Gasteiger partial charge in [0.05, 0.1) is 10.8 Å². The van der Waals surface area contributed by atoms with E-state index in [2.05, 4.69) is 23.8 Å². The number of thioether (sulfide) groups is 1. The second-order valence-electron chi connectivity index (χ2n) is 4.90. The molecule has 1 aromatic carbocycles. The van der Waals surface area contributed by atoms with Crippen LogP contribution in [-0.4, -0.2) is 9.97 Å². The average Bonchev–Trinajstić information content (AvgIpc) is 2.36. The molecule has 0 saturated carbocycles. The molecule has 2 rings (SSSR count). The molecule has 0 aliphatic carbocycles. The van der Waals surface area contributed by atoms with Gasteiger partial charge in [-0.25, -0.2) is 9.97 Å². The van der Waals surface area contributed by atoms with E-state index in [-0.39, 0.29) is 0 Å². The molecule has 5 heteroatoms. The Bertz CT molecular complexity index is 591. The van der Waals surface area contributed by atoms with Crippen LogP contribution >= 0.6 is 23.4 Å². The summed E-state index contributed by atoms with van der Waals surface area (Å²) in [5.41, 5.74) is 8.03. The molecule has 2 aromatic rings. The van der Waals surface area contributed by atoms with Crippen LogP contribution in [0.3, 0.4) is 0 Å². The fourth-order valence-corrected chi connectivity index (χ4v) is 3.24. The zero-order valence-corrected chi connectivity index (χ0v) is 13.4. The molecule has 0 aliphatic heterocycles. The summed E-state index contributed by atoms with van der Waals surface area (Å²) in [4.78, 5) is 9.98. The van der Waals surface area contributed by atoms with Crippen LogP contribution < -0.4 is 5.73 Å². The van der Waals surface area contributed by atoms with E-state index in [1.165, 1.54) is 0 Å². The van der Waals surface area contributed by atoms with E-state index in [1.54, 1.807) is 11.8 Å². The highest BCUT2D eigenvalue weighted by Gasteiger charge is 2.12. The van der Waals surface area contributed by atoms with Gasteiger partial charge in [-0.05, 0) is 25.0 Å². The fourth-order valence-electron chi connectivity index (χ4n) is 2.15. The molecule has 106 valence electrons. The summed E-state index contributed by atoms with van der Waals surface area (Å²) in [5.74, 6) is 2.32. The molecule has 20 heavy (non-hydrogen) atoms. The number of hydrogen-bond acceptors (Lipinski definition) is 4. The molecule has 0 bridgehead atoms. The number of nitrogens with two attached hydrogens (primary N) is 1. The number of benzene rings is 1. The maximum absolute atomic E-state index is 6.13. The lowest BCUT2D eigenvalue weighted by Crippen LogP contribution is -2.08. The third-order valence-electron chi connectivity index (χ3n) is 2.98. The van der Waals surface area contributed by atoms with E-state index in [1.807, 2.05) is 31.2 Å². The van der Waals surface area contributed by atoms with Crippen LogP contribution in [0.5, 0.6) is 0 Å². The number of aryl methyl sites for hydroxylation is 1. The topological polar surface area (TPSA) is 51.8 Å². The molecule has 0 unspecified atom stereocenters. The maximum Gasteiger partial charge on any atom is 0.141 e. The molecular weight excluding hydrogens is 290 g/mol. The zero-order valence-electron chi connectivity index (χ0n) is 11.9. The molecule has 2 N–H and O–H groups in total. The summed E-state index contributed by atoms with van der Waals surface area (Å²) < 4.78 is 0. The largest absolute Gasteiger partial charge is 0.383 e. The van der Waals surface area contributed by atoms with E-state index in [4.69, 9.17) is 17.3 Å². The van der Waals surface area contributed by atoms with Gasteiger partial charge in [0.1, 0.15) is 11.6 Å². The summed E-state index contributed by atoms with van der Waals surface area (Å²) in [6.07, 6.45) is 0. The van der Waals surface area contributed by atoms with Crippen LogP contribution in [0.4, 0.5) is 5.82 Å². The molecule has 1 heterocycles. The van der Waals surface area contributed by atoms with Crippen molar-refractivity contribution >= 4 is 29.2 Å². The Kier molecular flexibility index (Phi) is 4.89. The number of halogens is 1. The third kappa shape index (κ3) is 3.44. The Morgan fingerprint density at radius 2 is 1.95 bits per heavy atom. The normalized spacial score (nSPS) is 11.1. The first-order valence-corrected chi connectivity index (χ1v) is 7.85. The van der Waals surface area contributed by atoms with E-state index in [0.29, 0.717) is 17.5 Å². The molecular formula is C15H18ClN3S. The summed E-state index contributed by atoms with van der Waals surface area (Å²) in [6, 6.07) is 7.76. The number of rotatable bonds is 4. The monoisotopic (exact) mass is 307 g/mol. The summed E-state index contributed by atoms with van der Waals surface area (Å²) >= 11 is 7.75. The predicted molar refractivity (Wildman–Crippen MR) is 86.3 cm³/mol.